The minimum Gasteiger partial charge on any atom is -0.376 e. The van der Waals surface area contributed by atoms with Crippen molar-refractivity contribution < 1.29 is 14.3 Å². The van der Waals surface area contributed by atoms with Gasteiger partial charge in [0, 0.05) is 24.6 Å². The number of imide groups is 1. The number of thiophene rings is 1. The Bertz CT molecular complexity index is 684. The monoisotopic (exact) mass is 360 g/mol. The molecular weight excluding hydrogens is 336 g/mol. The lowest BCUT2D eigenvalue weighted by Gasteiger charge is -2.32. The molecule has 3 aliphatic heterocycles. The first-order chi connectivity index (χ1) is 12.1. The molecule has 1 aromatic rings. The summed E-state index contributed by atoms with van der Waals surface area (Å²) in [5, 5.41) is 1.96. The Morgan fingerprint density at radius 1 is 1.20 bits per heavy atom. The first-order valence-corrected chi connectivity index (χ1v) is 10.0. The number of piperidine rings is 1. The van der Waals surface area contributed by atoms with Gasteiger partial charge in [-0.15, -0.1) is 11.3 Å². The third kappa shape index (κ3) is 3.13. The number of hydrogen-bond donors (Lipinski definition) is 0. The second-order valence-electron chi connectivity index (χ2n) is 7.23. The van der Waals surface area contributed by atoms with Crippen LogP contribution in [-0.2, 0) is 14.3 Å². The van der Waals surface area contributed by atoms with Gasteiger partial charge in [-0.1, -0.05) is 13.0 Å². The highest BCUT2D eigenvalue weighted by Gasteiger charge is 2.43. The van der Waals surface area contributed by atoms with Crippen molar-refractivity contribution in [2.45, 2.75) is 38.7 Å². The van der Waals surface area contributed by atoms with Gasteiger partial charge in [-0.2, -0.15) is 0 Å². The number of amides is 2. The van der Waals surface area contributed by atoms with Gasteiger partial charge in [0.25, 0.3) is 11.8 Å². The van der Waals surface area contributed by atoms with Gasteiger partial charge >= 0.3 is 0 Å². The molecule has 1 aromatic heterocycles. The highest BCUT2D eigenvalue weighted by molar-refractivity contribution is 7.11. The van der Waals surface area contributed by atoms with Crippen molar-refractivity contribution in [3.05, 3.63) is 28.1 Å². The summed E-state index contributed by atoms with van der Waals surface area (Å²) in [6, 6.07) is 3.87. The smallest absolute Gasteiger partial charge is 0.277 e. The highest BCUT2D eigenvalue weighted by Crippen LogP contribution is 2.36. The lowest BCUT2D eigenvalue weighted by atomic mass is 9.98. The van der Waals surface area contributed by atoms with Crippen LogP contribution in [0.3, 0.4) is 0 Å². The largest absolute Gasteiger partial charge is 0.376 e. The van der Waals surface area contributed by atoms with E-state index in [1.807, 2.05) is 17.5 Å². The van der Waals surface area contributed by atoms with E-state index in [2.05, 4.69) is 11.8 Å². The minimum atomic E-state index is -0.156. The minimum absolute atomic E-state index is 0.0155. The fraction of sp³-hybridized carbons (Fsp3) is 0.579. The summed E-state index contributed by atoms with van der Waals surface area (Å²) < 4.78 is 5.66. The van der Waals surface area contributed by atoms with E-state index < -0.39 is 0 Å². The zero-order chi connectivity index (χ0) is 17.4. The Kier molecular flexibility index (Phi) is 4.65. The molecule has 2 fully saturated rings. The zero-order valence-electron chi connectivity index (χ0n) is 14.6. The molecule has 0 radical (unpaired) electrons. The van der Waals surface area contributed by atoms with Crippen LogP contribution in [-0.4, -0.2) is 54.0 Å². The van der Waals surface area contributed by atoms with Gasteiger partial charge in [0.2, 0.25) is 0 Å². The Balaban J connectivity index is 1.65. The Hall–Kier alpha value is -1.66. The van der Waals surface area contributed by atoms with E-state index >= 15 is 0 Å². The summed E-state index contributed by atoms with van der Waals surface area (Å²) in [7, 11) is 0. The zero-order valence-corrected chi connectivity index (χ0v) is 15.4. The van der Waals surface area contributed by atoms with Crippen molar-refractivity contribution in [1.82, 2.24) is 9.80 Å². The highest BCUT2D eigenvalue weighted by atomic mass is 32.1. The molecule has 1 unspecified atom stereocenters. The Labute approximate surface area is 152 Å². The molecule has 25 heavy (non-hydrogen) atoms. The van der Waals surface area contributed by atoms with Gasteiger partial charge in [0.15, 0.2) is 0 Å². The van der Waals surface area contributed by atoms with Crippen LogP contribution in [0.2, 0.25) is 0 Å². The molecule has 6 heteroatoms. The van der Waals surface area contributed by atoms with E-state index in [4.69, 9.17) is 4.74 Å². The van der Waals surface area contributed by atoms with Crippen LogP contribution in [0.25, 0.3) is 5.57 Å². The average Bonchev–Trinajstić information content (AvgIpc) is 3.34. The second kappa shape index (κ2) is 6.92. The van der Waals surface area contributed by atoms with Crippen LogP contribution in [0.4, 0.5) is 0 Å². The molecule has 3 aliphatic rings. The number of hydrogen-bond acceptors (Lipinski definition) is 5. The Morgan fingerprint density at radius 3 is 2.64 bits per heavy atom. The maximum atomic E-state index is 13.1. The quantitative estimate of drug-likeness (QED) is 0.775. The fourth-order valence-corrected chi connectivity index (χ4v) is 4.65. The predicted molar refractivity (Wildman–Crippen MR) is 96.9 cm³/mol. The molecule has 4 rings (SSSR count). The first kappa shape index (κ1) is 16.8. The summed E-state index contributed by atoms with van der Waals surface area (Å²) in [6.07, 6.45) is 4.03. The normalized spacial score (nSPS) is 25.6. The second-order valence-corrected chi connectivity index (χ2v) is 8.17. The maximum absolute atomic E-state index is 13.1. The molecule has 134 valence electrons. The standard InChI is InChI=1S/C19H24N2O3S/c1-13-6-8-20(9-7-13)17-16(15-5-3-11-25-15)18(22)21(19(17)23)12-14-4-2-10-24-14/h3,5,11,13-14H,2,4,6-10,12H2,1H3. The van der Waals surface area contributed by atoms with Crippen LogP contribution in [0.15, 0.2) is 23.2 Å². The van der Waals surface area contributed by atoms with Crippen LogP contribution >= 0.6 is 11.3 Å². The van der Waals surface area contributed by atoms with Crippen LogP contribution < -0.4 is 0 Å². The van der Waals surface area contributed by atoms with Gasteiger partial charge in [0.1, 0.15) is 5.70 Å². The molecule has 0 spiro atoms. The maximum Gasteiger partial charge on any atom is 0.277 e. The van der Waals surface area contributed by atoms with Crippen molar-refractivity contribution in [2.24, 2.45) is 5.92 Å². The number of rotatable bonds is 4. The van der Waals surface area contributed by atoms with Crippen molar-refractivity contribution in [1.29, 1.82) is 0 Å². The molecule has 4 heterocycles. The van der Waals surface area contributed by atoms with E-state index in [9.17, 15) is 9.59 Å². The summed E-state index contributed by atoms with van der Waals surface area (Å²) in [6.45, 7) is 5.04. The van der Waals surface area contributed by atoms with Crippen molar-refractivity contribution in [3.63, 3.8) is 0 Å². The molecule has 0 aromatic carbocycles. The number of likely N-dealkylation sites (tertiary alicyclic amines) is 1. The number of ether oxygens (including phenoxy) is 1. The fourth-order valence-electron chi connectivity index (χ4n) is 3.89. The number of nitrogens with zero attached hydrogens (tertiary/aromatic N) is 2. The van der Waals surface area contributed by atoms with Crippen molar-refractivity contribution >= 4 is 28.7 Å². The summed E-state index contributed by atoms with van der Waals surface area (Å²) in [5.74, 6) is 0.382. The molecule has 0 saturated carbocycles. The summed E-state index contributed by atoms with van der Waals surface area (Å²) >= 11 is 1.52. The number of carbonyl (C=O) groups is 2. The molecule has 2 saturated heterocycles. The van der Waals surface area contributed by atoms with E-state index in [0.717, 1.165) is 50.3 Å². The molecular formula is C19H24N2O3S. The van der Waals surface area contributed by atoms with Crippen LogP contribution in [0.5, 0.6) is 0 Å². The lowest BCUT2D eigenvalue weighted by Crippen LogP contribution is -2.41. The third-order valence-electron chi connectivity index (χ3n) is 5.42. The molecule has 5 nitrogen and oxygen atoms in total. The van der Waals surface area contributed by atoms with E-state index in [1.54, 1.807) is 0 Å². The molecule has 0 N–H and O–H groups in total. The molecule has 2 amide bonds. The van der Waals surface area contributed by atoms with Crippen molar-refractivity contribution in [2.75, 3.05) is 26.2 Å². The lowest BCUT2D eigenvalue weighted by molar-refractivity contribution is -0.139. The van der Waals surface area contributed by atoms with E-state index in [1.165, 1.54) is 16.2 Å². The van der Waals surface area contributed by atoms with E-state index in [-0.39, 0.29) is 17.9 Å². The van der Waals surface area contributed by atoms with E-state index in [0.29, 0.717) is 23.7 Å². The first-order valence-electron chi connectivity index (χ1n) is 9.16. The number of carbonyl (C=O) groups excluding carboxylic acids is 2. The molecule has 0 bridgehead atoms. The topological polar surface area (TPSA) is 49.9 Å². The van der Waals surface area contributed by atoms with Gasteiger partial charge < -0.3 is 9.64 Å². The SMILES string of the molecule is CC1CCN(C2=C(c3cccs3)C(=O)N(CC3CCCO3)C2=O)CC1. The summed E-state index contributed by atoms with van der Waals surface area (Å²) in [4.78, 5) is 30.7. The van der Waals surface area contributed by atoms with Gasteiger partial charge in [0.05, 0.1) is 18.2 Å². The molecule has 1 atom stereocenters. The summed E-state index contributed by atoms with van der Waals surface area (Å²) in [5.41, 5.74) is 1.20. The van der Waals surface area contributed by atoms with Crippen LogP contribution in [0.1, 0.15) is 37.5 Å². The predicted octanol–water partition coefficient (Wildman–Crippen LogP) is 2.74. The average molecular weight is 360 g/mol. The third-order valence-corrected chi connectivity index (χ3v) is 6.31. The molecule has 0 aliphatic carbocycles. The van der Waals surface area contributed by atoms with Gasteiger partial charge in [-0.05, 0) is 43.0 Å². The van der Waals surface area contributed by atoms with Gasteiger partial charge in [-0.25, -0.2) is 0 Å². The van der Waals surface area contributed by atoms with Crippen LogP contribution in [0, 0.1) is 5.92 Å². The Morgan fingerprint density at radius 2 is 2.00 bits per heavy atom. The van der Waals surface area contributed by atoms with Gasteiger partial charge in [-0.3, -0.25) is 14.5 Å². The van der Waals surface area contributed by atoms with Crippen molar-refractivity contribution in [3.8, 4) is 0 Å².